The van der Waals surface area contributed by atoms with Crippen LogP contribution in [0.3, 0.4) is 0 Å². The van der Waals surface area contributed by atoms with Crippen LogP contribution >= 0.6 is 15.9 Å². The second-order valence-electron chi connectivity index (χ2n) is 6.82. The van der Waals surface area contributed by atoms with Crippen LogP contribution in [-0.4, -0.2) is 43.2 Å². The minimum atomic E-state index is -0.0174. The number of aromatic nitrogens is 4. The highest BCUT2D eigenvalue weighted by Gasteiger charge is 2.34. The highest BCUT2D eigenvalue weighted by atomic mass is 79.9. The second kappa shape index (κ2) is 6.40. The van der Waals surface area contributed by atoms with E-state index in [-0.39, 0.29) is 17.5 Å². The third kappa shape index (κ3) is 3.15. The highest BCUT2D eigenvalue weighted by Crippen LogP contribution is 2.37. The fraction of sp³-hybridized carbons (Fsp3) is 0.529. The Morgan fingerprint density at radius 1 is 1.20 bits per heavy atom. The van der Waals surface area contributed by atoms with Gasteiger partial charge in [0.15, 0.2) is 0 Å². The van der Waals surface area contributed by atoms with Crippen LogP contribution in [-0.2, 0) is 7.05 Å². The first kappa shape index (κ1) is 16.5. The van der Waals surface area contributed by atoms with Crippen molar-refractivity contribution in [3.05, 3.63) is 44.8 Å². The maximum atomic E-state index is 12.6. The number of pyridine rings is 1. The fourth-order valence-electron chi connectivity index (χ4n) is 3.51. The summed E-state index contributed by atoms with van der Waals surface area (Å²) in [6, 6.07) is 2.12. The molecule has 0 unspecified atom stereocenters. The van der Waals surface area contributed by atoms with E-state index < -0.39 is 0 Å². The van der Waals surface area contributed by atoms with Crippen LogP contribution in [0.25, 0.3) is 0 Å². The van der Waals surface area contributed by atoms with Gasteiger partial charge in [0, 0.05) is 49.0 Å². The summed E-state index contributed by atoms with van der Waals surface area (Å²) in [6.07, 6.45) is 7.05. The Morgan fingerprint density at radius 3 is 2.56 bits per heavy atom. The van der Waals surface area contributed by atoms with Crippen LogP contribution in [0.2, 0.25) is 0 Å². The van der Waals surface area contributed by atoms with Gasteiger partial charge in [-0.2, -0.15) is 5.10 Å². The molecule has 7 nitrogen and oxygen atoms in total. The van der Waals surface area contributed by atoms with Crippen LogP contribution in [0.5, 0.6) is 0 Å². The van der Waals surface area contributed by atoms with Gasteiger partial charge in [0.05, 0.1) is 5.56 Å². The van der Waals surface area contributed by atoms with Crippen molar-refractivity contribution in [2.24, 2.45) is 7.05 Å². The van der Waals surface area contributed by atoms with Crippen LogP contribution in [0, 0.1) is 0 Å². The van der Waals surface area contributed by atoms with E-state index in [9.17, 15) is 9.59 Å². The van der Waals surface area contributed by atoms with Gasteiger partial charge < -0.3 is 4.90 Å². The monoisotopic (exact) mass is 405 g/mol. The number of aryl methyl sites for hydroxylation is 1. The molecule has 0 bridgehead atoms. The van der Waals surface area contributed by atoms with E-state index >= 15 is 0 Å². The first-order valence-electron chi connectivity index (χ1n) is 8.60. The van der Waals surface area contributed by atoms with Crippen molar-refractivity contribution in [3.63, 3.8) is 0 Å². The van der Waals surface area contributed by atoms with Crippen molar-refractivity contribution in [1.82, 2.24) is 24.2 Å². The molecule has 0 N–H and O–H groups in total. The molecule has 0 aromatic carbocycles. The highest BCUT2D eigenvalue weighted by molar-refractivity contribution is 9.10. The Balaban J connectivity index is 1.48. The van der Waals surface area contributed by atoms with Crippen molar-refractivity contribution in [2.75, 3.05) is 13.1 Å². The van der Waals surface area contributed by atoms with E-state index in [0.717, 1.165) is 36.0 Å². The lowest BCUT2D eigenvalue weighted by molar-refractivity contribution is 0.0709. The molecular formula is C17H20BrN5O2. The number of hydrogen-bond acceptors (Lipinski definition) is 4. The second-order valence-corrected chi connectivity index (χ2v) is 7.74. The minimum absolute atomic E-state index is 0.00727. The van der Waals surface area contributed by atoms with Crippen molar-refractivity contribution >= 4 is 21.8 Å². The predicted molar refractivity (Wildman–Crippen MR) is 95.6 cm³/mol. The van der Waals surface area contributed by atoms with Gasteiger partial charge >= 0.3 is 5.69 Å². The Morgan fingerprint density at radius 2 is 1.92 bits per heavy atom. The van der Waals surface area contributed by atoms with Gasteiger partial charge in [0.1, 0.15) is 5.82 Å². The van der Waals surface area contributed by atoms with Crippen LogP contribution in [0.4, 0.5) is 0 Å². The fourth-order valence-corrected chi connectivity index (χ4v) is 3.87. The Labute approximate surface area is 153 Å². The molecule has 2 aromatic heterocycles. The number of nitrogens with zero attached hydrogens (tertiary/aromatic N) is 5. The van der Waals surface area contributed by atoms with E-state index in [0.29, 0.717) is 24.7 Å². The van der Waals surface area contributed by atoms with E-state index in [4.69, 9.17) is 0 Å². The molecule has 1 saturated heterocycles. The zero-order valence-electron chi connectivity index (χ0n) is 14.1. The number of likely N-dealkylation sites (tertiary alicyclic amines) is 1. The molecular weight excluding hydrogens is 386 g/mol. The van der Waals surface area contributed by atoms with Crippen LogP contribution in [0.15, 0.2) is 27.7 Å². The molecule has 1 aliphatic carbocycles. The molecule has 132 valence electrons. The predicted octanol–water partition coefficient (Wildman–Crippen LogP) is 2.09. The molecule has 8 heteroatoms. The van der Waals surface area contributed by atoms with Gasteiger partial charge in [-0.3, -0.25) is 14.3 Å². The van der Waals surface area contributed by atoms with Crippen LogP contribution < -0.4 is 5.69 Å². The lowest BCUT2D eigenvalue weighted by Gasteiger charge is -2.31. The topological polar surface area (TPSA) is 73.0 Å². The molecule has 4 rings (SSSR count). The van der Waals surface area contributed by atoms with Gasteiger partial charge in [-0.15, -0.1) is 0 Å². The molecule has 25 heavy (non-hydrogen) atoms. The van der Waals surface area contributed by atoms with Crippen molar-refractivity contribution in [2.45, 2.75) is 37.6 Å². The Hall–Kier alpha value is -1.96. The number of carbonyl (C=O) groups excluding carboxylic acids is 1. The summed E-state index contributed by atoms with van der Waals surface area (Å²) in [5.41, 5.74) is 0.580. The minimum Gasteiger partial charge on any atom is -0.339 e. The summed E-state index contributed by atoms with van der Waals surface area (Å²) in [4.78, 5) is 30.9. The van der Waals surface area contributed by atoms with Gasteiger partial charge in [-0.25, -0.2) is 9.48 Å². The lowest BCUT2D eigenvalue weighted by atomic mass is 9.95. The summed E-state index contributed by atoms with van der Waals surface area (Å²) < 4.78 is 4.12. The van der Waals surface area contributed by atoms with Crippen molar-refractivity contribution in [1.29, 1.82) is 0 Å². The Kier molecular flexibility index (Phi) is 4.23. The van der Waals surface area contributed by atoms with Gasteiger partial charge in [0.2, 0.25) is 0 Å². The largest absolute Gasteiger partial charge is 0.345 e. The zero-order chi connectivity index (χ0) is 17.6. The van der Waals surface area contributed by atoms with E-state index in [1.54, 1.807) is 25.5 Å². The SMILES string of the molecule is Cn1nc(C2CCN(C(=O)c3cncc(Br)c3)CC2)n(C2CC2)c1=O. The third-order valence-corrected chi connectivity index (χ3v) is 5.43. The smallest absolute Gasteiger partial charge is 0.339 e. The van der Waals surface area contributed by atoms with Gasteiger partial charge in [-0.1, -0.05) is 0 Å². The van der Waals surface area contributed by atoms with E-state index in [1.165, 1.54) is 4.68 Å². The maximum absolute atomic E-state index is 12.6. The normalized spacial score (nSPS) is 18.6. The van der Waals surface area contributed by atoms with Gasteiger partial charge in [-0.05, 0) is 47.7 Å². The quantitative estimate of drug-likeness (QED) is 0.783. The summed E-state index contributed by atoms with van der Waals surface area (Å²) >= 11 is 3.35. The van der Waals surface area contributed by atoms with E-state index in [2.05, 4.69) is 26.0 Å². The zero-order valence-corrected chi connectivity index (χ0v) is 15.6. The summed E-state index contributed by atoms with van der Waals surface area (Å²) in [7, 11) is 1.71. The molecule has 0 spiro atoms. The lowest BCUT2D eigenvalue weighted by Crippen LogP contribution is -2.38. The number of piperidine rings is 1. The molecule has 0 radical (unpaired) electrons. The Bertz CT molecular complexity index is 862. The first-order chi connectivity index (χ1) is 12.0. The summed E-state index contributed by atoms with van der Waals surface area (Å²) in [5, 5.41) is 4.48. The number of amides is 1. The van der Waals surface area contributed by atoms with Crippen LogP contribution in [0.1, 0.15) is 53.8 Å². The number of rotatable bonds is 3. The van der Waals surface area contributed by atoms with Gasteiger partial charge in [0.25, 0.3) is 5.91 Å². The molecule has 1 aliphatic heterocycles. The molecule has 2 fully saturated rings. The number of carbonyl (C=O) groups is 1. The van der Waals surface area contributed by atoms with Crippen molar-refractivity contribution < 1.29 is 4.79 Å². The number of hydrogen-bond donors (Lipinski definition) is 0. The molecule has 1 saturated carbocycles. The molecule has 0 atom stereocenters. The molecule has 2 aliphatic rings. The maximum Gasteiger partial charge on any atom is 0.345 e. The summed E-state index contributed by atoms with van der Waals surface area (Å²) in [5.74, 6) is 1.14. The van der Waals surface area contributed by atoms with E-state index in [1.807, 2.05) is 9.47 Å². The molecule has 3 heterocycles. The van der Waals surface area contributed by atoms with Crippen molar-refractivity contribution in [3.8, 4) is 0 Å². The summed E-state index contributed by atoms with van der Waals surface area (Å²) in [6.45, 7) is 1.34. The standard InChI is InChI=1S/C17H20BrN5O2/c1-21-17(25)23(14-2-3-14)15(20-21)11-4-6-22(7-5-11)16(24)12-8-13(18)10-19-9-12/h8-11,14H,2-7H2,1H3. The average Bonchev–Trinajstić information content (AvgIpc) is 3.41. The number of halogens is 1. The molecule has 1 amide bonds. The first-order valence-corrected chi connectivity index (χ1v) is 9.39. The average molecular weight is 406 g/mol. The third-order valence-electron chi connectivity index (χ3n) is 4.99. The molecule has 2 aromatic rings.